The van der Waals surface area contributed by atoms with E-state index in [1.54, 1.807) is 24.3 Å². The molecular weight excluding hydrogens is 1040 g/mol. The smallest absolute Gasteiger partial charge is 0.481 e. The molecule has 70 heavy (non-hydrogen) atoms. The van der Waals surface area contributed by atoms with Gasteiger partial charge >= 0.3 is 30.2 Å². The van der Waals surface area contributed by atoms with Gasteiger partial charge in [-0.3, -0.25) is 37.3 Å². The van der Waals surface area contributed by atoms with Gasteiger partial charge in [0.15, 0.2) is 17.7 Å². The molecule has 1 saturated heterocycles. The Morgan fingerprint density at radius 1 is 1.01 bits per heavy atom. The lowest BCUT2D eigenvalue weighted by molar-refractivity contribution is -0.137. The van der Waals surface area contributed by atoms with Crippen molar-refractivity contribution in [1.82, 2.24) is 35.5 Å². The summed E-state index contributed by atoms with van der Waals surface area (Å²) in [6.07, 6.45) is -7.35. The number of nitrogens with one attached hydrogen (secondary N) is 3. The van der Waals surface area contributed by atoms with Crippen LogP contribution in [-0.2, 0) is 66.6 Å². The highest BCUT2D eigenvalue weighted by Gasteiger charge is 2.50. The third-order valence-corrected chi connectivity index (χ3v) is 14.2. The second-order valence-corrected chi connectivity index (χ2v) is 21.8. The molecule has 15 N–H and O–H groups in total. The summed E-state index contributed by atoms with van der Waals surface area (Å²) in [5, 5.41) is 49.9. The Morgan fingerprint density at radius 3 is 2.31 bits per heavy atom. The zero-order valence-corrected chi connectivity index (χ0v) is 41.5. The number of hydrogen-bond acceptors (Lipinski definition) is 23. The van der Waals surface area contributed by atoms with Crippen LogP contribution >= 0.6 is 46.8 Å². The molecule has 392 valence electrons. The van der Waals surface area contributed by atoms with Crippen molar-refractivity contribution in [2.24, 2.45) is 11.1 Å². The quantitative estimate of drug-likeness (QED) is 0.0220. The van der Waals surface area contributed by atoms with Crippen molar-refractivity contribution in [3.05, 3.63) is 47.5 Å². The molecule has 1 aliphatic rings. The summed E-state index contributed by atoms with van der Waals surface area (Å²) in [6, 6.07) is 5.06. The number of thioether (sulfide) groups is 1. The number of nitrogens with two attached hydrogens (primary N) is 2. The Balaban J connectivity index is 1.16. The van der Waals surface area contributed by atoms with Gasteiger partial charge in [0.25, 0.3) is 0 Å². The van der Waals surface area contributed by atoms with Crippen LogP contribution in [0.25, 0.3) is 11.2 Å². The van der Waals surface area contributed by atoms with Gasteiger partial charge in [0.05, 0.1) is 25.6 Å². The van der Waals surface area contributed by atoms with Crippen LogP contribution < -0.4 is 27.4 Å². The zero-order valence-electron chi connectivity index (χ0n) is 37.2. The maximum absolute atomic E-state index is 12.8. The summed E-state index contributed by atoms with van der Waals surface area (Å²) in [7, 11) is -16.6. The Bertz CT molecular complexity index is 2460. The molecule has 2 aromatic heterocycles. The average molecular weight is 1100 g/mol. The van der Waals surface area contributed by atoms with E-state index < -0.39 is 121 Å². The van der Waals surface area contributed by atoms with Gasteiger partial charge in [0.2, 0.25) is 22.8 Å². The summed E-state index contributed by atoms with van der Waals surface area (Å²) in [5.41, 5.74) is 10.6. The number of benzene rings is 1. The van der Waals surface area contributed by atoms with Crippen molar-refractivity contribution in [3.63, 3.8) is 0 Å². The lowest BCUT2D eigenvalue weighted by Crippen LogP contribution is -2.61. The van der Waals surface area contributed by atoms with E-state index in [4.69, 9.17) is 41.5 Å². The van der Waals surface area contributed by atoms with Gasteiger partial charge in [-0.1, -0.05) is 49.3 Å². The molecule has 0 aliphatic carbocycles. The molecule has 3 amide bonds. The number of hydrogen-bond donors (Lipinski definition) is 13. The van der Waals surface area contributed by atoms with Gasteiger partial charge in [-0.15, -0.1) is 0 Å². The molecule has 1 fully saturated rings. The number of nitrogen functional groups attached to an aromatic ring is 1. The summed E-state index contributed by atoms with van der Waals surface area (Å²) < 4.78 is 67.5. The topological polar surface area (TPSA) is 468 Å². The van der Waals surface area contributed by atoms with E-state index in [0.29, 0.717) is 22.3 Å². The summed E-state index contributed by atoms with van der Waals surface area (Å²) in [6.45, 7) is -3.21. The number of phosphoric acid groups is 3. The fraction of sp³-hybridized carbons (Fsp3) is 0.559. The van der Waals surface area contributed by atoms with Crippen LogP contribution in [0.15, 0.2) is 36.9 Å². The first-order valence-corrected chi connectivity index (χ1v) is 26.3. The molecule has 1 aromatic carbocycles. The number of fused-ring (bicyclic) bond motifs is 1. The van der Waals surface area contributed by atoms with E-state index in [-0.39, 0.29) is 48.7 Å². The standard InChI is InChI=1S/C34H53BClN9O21P3S/c1-18(46)44-23(12-19-4-6-20(36)7-5-19)35(52,53)61-13-21(37)33(51)70-11-10-39-24(47)8-9-40-31(50)28(49)34(2,3)15-63-69(59,60)66-68(57,58)62-14-22-27(65-67(54,55)56)26(48)32(64-22)45-17-43-25-29(38)41-16-42-30(25)45/h4-7,16-17,21-23,26-28,32,48-49,52-53H,8-15,37H2,1-3H3,(H,39,47)(H,40,50)(H,44,46)(H,57,58)(H,59,60)(H2,38,41,42)(H2,54,55,56)/q-1. The maximum Gasteiger partial charge on any atom is 0.481 e. The van der Waals surface area contributed by atoms with Gasteiger partial charge in [-0.2, -0.15) is 4.31 Å². The third-order valence-electron chi connectivity index (χ3n) is 9.85. The number of imidazole rings is 1. The minimum atomic E-state index is -5.63. The molecule has 0 saturated carbocycles. The van der Waals surface area contributed by atoms with Crippen LogP contribution in [-0.4, -0.2) is 164 Å². The number of anilines is 1. The number of nitrogens with zero attached hydrogens (tertiary/aromatic N) is 4. The highest BCUT2D eigenvalue weighted by Crippen LogP contribution is 2.61. The average Bonchev–Trinajstić information content (AvgIpc) is 3.82. The number of aliphatic hydroxyl groups excluding tert-OH is 2. The molecule has 9 atom stereocenters. The minimum absolute atomic E-state index is 0.00774. The van der Waals surface area contributed by atoms with Gasteiger partial charge in [-0.05, 0) is 30.1 Å². The van der Waals surface area contributed by atoms with Crippen LogP contribution in [0, 0.1) is 5.41 Å². The lowest BCUT2D eigenvalue weighted by Gasteiger charge is -2.38. The Hall–Kier alpha value is -3.56. The Morgan fingerprint density at radius 2 is 1.67 bits per heavy atom. The van der Waals surface area contributed by atoms with E-state index in [1.165, 1.54) is 20.8 Å². The normalized spacial score (nSPS) is 20.8. The molecule has 0 bridgehead atoms. The number of rotatable bonds is 27. The maximum atomic E-state index is 12.8. The van der Waals surface area contributed by atoms with E-state index in [2.05, 4.69) is 39.7 Å². The molecule has 4 rings (SSSR count). The van der Waals surface area contributed by atoms with E-state index >= 15 is 0 Å². The number of carbonyl (C=O) groups is 4. The molecule has 3 heterocycles. The monoisotopic (exact) mass is 1090 g/mol. The number of halogens is 1. The number of amides is 3. The van der Waals surface area contributed by atoms with Crippen molar-refractivity contribution < 1.29 is 100.0 Å². The molecule has 3 aromatic rings. The molecule has 36 heteroatoms. The number of aliphatic hydroxyl groups is 2. The van der Waals surface area contributed by atoms with Crippen molar-refractivity contribution in [2.75, 3.05) is 44.4 Å². The predicted octanol–water partition coefficient (Wildman–Crippen LogP) is -2.13. The van der Waals surface area contributed by atoms with E-state index in [1.807, 2.05) is 0 Å². The summed E-state index contributed by atoms with van der Waals surface area (Å²) >= 11 is 6.60. The first-order chi connectivity index (χ1) is 32.4. The van der Waals surface area contributed by atoms with E-state index in [9.17, 15) is 72.7 Å². The molecule has 9 unspecified atom stereocenters. The third kappa shape index (κ3) is 17.9. The first kappa shape index (κ1) is 59.0. The van der Waals surface area contributed by atoms with Crippen molar-refractivity contribution in [1.29, 1.82) is 0 Å². The predicted molar refractivity (Wildman–Crippen MR) is 244 cm³/mol. The molecule has 0 radical (unpaired) electrons. The SMILES string of the molecule is CC(=O)NC(Cc1ccc(Cl)cc1)[B-](O)(O)OCC(N)C(=O)SCCNC(=O)CCNC(=O)C(O)C(C)(C)COP(=O)(O)OP(=O)(O)OCC1OC(n2cnc3c(N)ncnc32)C(O)C1OP(=O)(O)O. The van der Waals surface area contributed by atoms with Gasteiger partial charge in [-0.25, -0.2) is 28.6 Å². The number of phosphoric ester groups is 3. The van der Waals surface area contributed by atoms with Crippen molar-refractivity contribution in [3.8, 4) is 0 Å². The van der Waals surface area contributed by atoms with Crippen LogP contribution in [0.4, 0.5) is 5.82 Å². The zero-order chi connectivity index (χ0) is 52.4. The number of aromatic nitrogens is 4. The van der Waals surface area contributed by atoms with Crippen molar-refractivity contribution >= 4 is 93.4 Å². The second kappa shape index (κ2) is 24.9. The number of carbonyl (C=O) groups excluding carboxylic acids is 4. The summed E-state index contributed by atoms with van der Waals surface area (Å²) in [5.74, 6) is -3.55. The van der Waals surface area contributed by atoms with Gasteiger partial charge in [0.1, 0.15) is 36.3 Å². The van der Waals surface area contributed by atoms with Crippen LogP contribution in [0.3, 0.4) is 0 Å². The molecular formula is C34H53BClN9O21P3S-. The van der Waals surface area contributed by atoms with Crippen LogP contribution in [0.5, 0.6) is 0 Å². The lowest BCUT2D eigenvalue weighted by atomic mass is 9.66. The van der Waals surface area contributed by atoms with Crippen LogP contribution in [0.1, 0.15) is 39.0 Å². The second-order valence-electron chi connectivity index (χ2n) is 16.1. The van der Waals surface area contributed by atoms with Crippen molar-refractivity contribution in [2.45, 2.75) is 76.2 Å². The highest BCUT2D eigenvalue weighted by molar-refractivity contribution is 8.13. The highest BCUT2D eigenvalue weighted by atomic mass is 35.5. The minimum Gasteiger partial charge on any atom is -0.558 e. The first-order valence-electron chi connectivity index (χ1n) is 20.5. The van der Waals surface area contributed by atoms with Crippen LogP contribution in [0.2, 0.25) is 5.02 Å². The molecule has 1 aliphatic heterocycles. The summed E-state index contributed by atoms with van der Waals surface area (Å²) in [4.78, 5) is 100. The number of ether oxygens (including phenoxy) is 1. The van der Waals surface area contributed by atoms with E-state index in [0.717, 1.165) is 17.2 Å². The van der Waals surface area contributed by atoms with Gasteiger partial charge < -0.3 is 76.6 Å². The molecule has 30 nitrogen and oxygen atoms in total. The largest absolute Gasteiger partial charge is 0.558 e. The molecule has 0 spiro atoms. The fourth-order valence-electron chi connectivity index (χ4n) is 6.27. The Kier molecular flexibility index (Phi) is 21.0. The van der Waals surface area contributed by atoms with Gasteiger partial charge in [0, 0.05) is 49.2 Å². The fourth-order valence-corrected chi connectivity index (χ4v) is 9.91. The Labute approximate surface area is 406 Å².